The molecule has 0 saturated carbocycles. The molecule has 1 amide bonds. The molecular formula is C12H22N2O3. The highest BCUT2D eigenvalue weighted by Gasteiger charge is 2.19. The Kier molecular flexibility index (Phi) is 5.97. The Morgan fingerprint density at radius 1 is 1.35 bits per heavy atom. The van der Waals surface area contributed by atoms with Gasteiger partial charge in [-0.25, -0.2) is 0 Å². The Hall–Kier alpha value is -1.10. The molecule has 0 spiro atoms. The number of hydrogen-bond acceptors (Lipinski definition) is 4. The lowest BCUT2D eigenvalue weighted by Gasteiger charge is -2.31. The maximum atomic E-state index is 11.2. The van der Waals surface area contributed by atoms with Gasteiger partial charge in [-0.2, -0.15) is 0 Å². The van der Waals surface area contributed by atoms with Crippen molar-refractivity contribution in [3.63, 3.8) is 0 Å². The van der Waals surface area contributed by atoms with Crippen LogP contribution in [0.1, 0.15) is 33.1 Å². The van der Waals surface area contributed by atoms with E-state index in [0.717, 1.165) is 32.5 Å². The van der Waals surface area contributed by atoms with Crippen molar-refractivity contribution in [2.24, 2.45) is 0 Å². The van der Waals surface area contributed by atoms with E-state index >= 15 is 0 Å². The fraction of sp³-hybridized carbons (Fsp3) is 0.833. The normalized spacial score (nSPS) is 17.8. The first-order valence-corrected chi connectivity index (χ1v) is 6.27. The highest BCUT2D eigenvalue weighted by atomic mass is 16.5. The third-order valence-electron chi connectivity index (χ3n) is 2.93. The van der Waals surface area contributed by atoms with E-state index in [0.29, 0.717) is 19.1 Å². The van der Waals surface area contributed by atoms with Crippen LogP contribution in [0.2, 0.25) is 0 Å². The maximum absolute atomic E-state index is 11.2. The predicted molar refractivity (Wildman–Crippen MR) is 64.5 cm³/mol. The van der Waals surface area contributed by atoms with Crippen LogP contribution in [0, 0.1) is 0 Å². The lowest BCUT2D eigenvalue weighted by atomic mass is 10.0. The van der Waals surface area contributed by atoms with E-state index in [1.807, 2.05) is 6.92 Å². The number of carbonyl (C=O) groups excluding carboxylic acids is 2. The smallest absolute Gasteiger partial charge is 0.307 e. The van der Waals surface area contributed by atoms with E-state index in [9.17, 15) is 9.59 Å². The van der Waals surface area contributed by atoms with Gasteiger partial charge in [0.15, 0.2) is 0 Å². The van der Waals surface area contributed by atoms with Gasteiger partial charge in [-0.05, 0) is 19.8 Å². The highest BCUT2D eigenvalue weighted by molar-refractivity contribution is 5.73. The highest BCUT2D eigenvalue weighted by Crippen LogP contribution is 2.10. The number of amides is 1. The molecule has 1 fully saturated rings. The van der Waals surface area contributed by atoms with Gasteiger partial charge >= 0.3 is 5.97 Å². The van der Waals surface area contributed by atoms with Crippen LogP contribution in [0.4, 0.5) is 0 Å². The van der Waals surface area contributed by atoms with Gasteiger partial charge in [0.2, 0.25) is 5.91 Å². The summed E-state index contributed by atoms with van der Waals surface area (Å²) in [5.41, 5.74) is 0. The minimum atomic E-state index is -0.128. The van der Waals surface area contributed by atoms with E-state index in [2.05, 4.69) is 10.2 Å². The van der Waals surface area contributed by atoms with Crippen LogP contribution in [0.3, 0.4) is 0 Å². The van der Waals surface area contributed by atoms with E-state index in [1.165, 1.54) is 0 Å². The first-order valence-electron chi connectivity index (χ1n) is 6.27. The molecule has 0 bridgehead atoms. The summed E-state index contributed by atoms with van der Waals surface area (Å²) in [5.74, 6) is -0.0912. The topological polar surface area (TPSA) is 58.6 Å². The van der Waals surface area contributed by atoms with Gasteiger partial charge in [-0.1, -0.05) is 0 Å². The molecule has 1 N–H and O–H groups in total. The SMILES string of the molecule is CCOC(=O)CCN1CCC(NC(C)=O)CC1. The van der Waals surface area contributed by atoms with Crippen LogP contribution in [-0.2, 0) is 14.3 Å². The van der Waals surface area contributed by atoms with Gasteiger partial charge in [0.25, 0.3) is 0 Å². The summed E-state index contributed by atoms with van der Waals surface area (Å²) < 4.78 is 4.88. The fourth-order valence-electron chi connectivity index (χ4n) is 2.07. The Bertz CT molecular complexity index is 260. The second-order valence-corrected chi connectivity index (χ2v) is 4.37. The molecule has 5 nitrogen and oxygen atoms in total. The van der Waals surface area contributed by atoms with Crippen molar-refractivity contribution >= 4 is 11.9 Å². The molecule has 0 unspecified atom stereocenters. The molecule has 17 heavy (non-hydrogen) atoms. The summed E-state index contributed by atoms with van der Waals surface area (Å²) in [5, 5.41) is 2.93. The molecular weight excluding hydrogens is 220 g/mol. The molecule has 0 radical (unpaired) electrons. The maximum Gasteiger partial charge on any atom is 0.307 e. The Morgan fingerprint density at radius 2 is 2.00 bits per heavy atom. The number of likely N-dealkylation sites (tertiary alicyclic amines) is 1. The quantitative estimate of drug-likeness (QED) is 0.715. The van der Waals surface area contributed by atoms with Gasteiger partial charge < -0.3 is 15.0 Å². The van der Waals surface area contributed by atoms with E-state index in [4.69, 9.17) is 4.74 Å². The summed E-state index contributed by atoms with van der Waals surface area (Å²) >= 11 is 0. The van der Waals surface area contributed by atoms with Crippen molar-refractivity contribution in [1.82, 2.24) is 10.2 Å². The van der Waals surface area contributed by atoms with Gasteiger partial charge in [0, 0.05) is 32.6 Å². The van der Waals surface area contributed by atoms with Crippen molar-refractivity contribution in [3.05, 3.63) is 0 Å². The number of nitrogens with one attached hydrogen (secondary N) is 1. The lowest BCUT2D eigenvalue weighted by molar-refractivity contribution is -0.143. The van der Waals surface area contributed by atoms with Crippen LogP contribution in [0.25, 0.3) is 0 Å². The van der Waals surface area contributed by atoms with Gasteiger partial charge in [-0.15, -0.1) is 0 Å². The van der Waals surface area contributed by atoms with E-state index < -0.39 is 0 Å². The average Bonchev–Trinajstić information content (AvgIpc) is 2.28. The summed E-state index contributed by atoms with van der Waals surface area (Å²) in [6.07, 6.45) is 2.38. The van der Waals surface area contributed by atoms with Crippen molar-refractivity contribution in [3.8, 4) is 0 Å². The third-order valence-corrected chi connectivity index (χ3v) is 2.93. The minimum Gasteiger partial charge on any atom is -0.466 e. The van der Waals surface area contributed by atoms with E-state index in [-0.39, 0.29) is 11.9 Å². The number of ether oxygens (including phenoxy) is 1. The van der Waals surface area contributed by atoms with Gasteiger partial charge in [0.05, 0.1) is 13.0 Å². The van der Waals surface area contributed by atoms with Crippen molar-refractivity contribution in [1.29, 1.82) is 0 Å². The Balaban J connectivity index is 2.14. The fourth-order valence-corrected chi connectivity index (χ4v) is 2.07. The largest absolute Gasteiger partial charge is 0.466 e. The molecule has 98 valence electrons. The van der Waals surface area contributed by atoms with Gasteiger partial charge in [0.1, 0.15) is 0 Å². The minimum absolute atomic E-state index is 0.0370. The first-order chi connectivity index (χ1) is 8.11. The van der Waals surface area contributed by atoms with Crippen LogP contribution in [0.5, 0.6) is 0 Å². The molecule has 1 aliphatic rings. The standard InChI is InChI=1S/C12H22N2O3/c1-3-17-12(16)6-9-14-7-4-11(5-8-14)13-10(2)15/h11H,3-9H2,1-2H3,(H,13,15). The van der Waals surface area contributed by atoms with Crippen LogP contribution in [0.15, 0.2) is 0 Å². The van der Waals surface area contributed by atoms with Crippen molar-refractivity contribution in [2.75, 3.05) is 26.2 Å². The second kappa shape index (κ2) is 7.27. The zero-order chi connectivity index (χ0) is 12.7. The Labute approximate surface area is 102 Å². The number of carbonyl (C=O) groups is 2. The van der Waals surface area contributed by atoms with Crippen molar-refractivity contribution < 1.29 is 14.3 Å². The molecule has 0 aliphatic carbocycles. The molecule has 1 heterocycles. The molecule has 1 saturated heterocycles. The Morgan fingerprint density at radius 3 is 2.53 bits per heavy atom. The van der Waals surface area contributed by atoms with Crippen LogP contribution < -0.4 is 5.32 Å². The lowest BCUT2D eigenvalue weighted by Crippen LogP contribution is -2.44. The number of hydrogen-bond donors (Lipinski definition) is 1. The molecule has 1 rings (SSSR count). The first kappa shape index (κ1) is 14.0. The second-order valence-electron chi connectivity index (χ2n) is 4.37. The molecule has 0 aromatic rings. The predicted octanol–water partition coefficient (Wildman–Crippen LogP) is 0.540. The van der Waals surface area contributed by atoms with Crippen LogP contribution in [-0.4, -0.2) is 49.1 Å². The van der Waals surface area contributed by atoms with Gasteiger partial charge in [-0.3, -0.25) is 9.59 Å². The summed E-state index contributed by atoms with van der Waals surface area (Å²) in [7, 11) is 0. The number of piperidine rings is 1. The summed E-state index contributed by atoms with van der Waals surface area (Å²) in [6.45, 7) is 6.44. The monoisotopic (exact) mass is 242 g/mol. The third kappa shape index (κ3) is 5.68. The molecule has 0 aromatic heterocycles. The zero-order valence-electron chi connectivity index (χ0n) is 10.7. The average molecular weight is 242 g/mol. The van der Waals surface area contributed by atoms with E-state index in [1.54, 1.807) is 6.92 Å². The number of nitrogens with zero attached hydrogens (tertiary/aromatic N) is 1. The molecule has 0 atom stereocenters. The molecule has 0 aromatic carbocycles. The molecule has 5 heteroatoms. The summed E-state index contributed by atoms with van der Waals surface area (Å²) in [6, 6.07) is 0.298. The van der Waals surface area contributed by atoms with Crippen molar-refractivity contribution in [2.45, 2.75) is 39.2 Å². The number of rotatable bonds is 5. The summed E-state index contributed by atoms with van der Waals surface area (Å²) in [4.78, 5) is 24.3. The zero-order valence-corrected chi connectivity index (χ0v) is 10.7. The van der Waals surface area contributed by atoms with Crippen LogP contribution >= 0.6 is 0 Å². The number of esters is 1. The molecule has 1 aliphatic heterocycles.